The first-order chi connectivity index (χ1) is 12.3. The van der Waals surface area contributed by atoms with Gasteiger partial charge in [0.15, 0.2) is 6.04 Å². The van der Waals surface area contributed by atoms with Crippen LogP contribution in [0.1, 0.15) is 54.7 Å². The van der Waals surface area contributed by atoms with Crippen molar-refractivity contribution in [2.24, 2.45) is 0 Å². The summed E-state index contributed by atoms with van der Waals surface area (Å²) in [6.45, 7) is 3.76. The van der Waals surface area contributed by atoms with Crippen LogP contribution in [0.25, 0.3) is 0 Å². The highest BCUT2D eigenvalue weighted by Gasteiger charge is 2.47. The van der Waals surface area contributed by atoms with E-state index < -0.39 is 24.2 Å². The number of hydrogen-bond acceptors (Lipinski definition) is 3. The summed E-state index contributed by atoms with van der Waals surface area (Å²) in [5, 5.41) is 9.71. The number of benzene rings is 1. The van der Waals surface area contributed by atoms with Crippen LogP contribution >= 0.6 is 0 Å². The van der Waals surface area contributed by atoms with Crippen LogP contribution in [0.3, 0.4) is 0 Å². The maximum atomic E-state index is 13.6. The number of nitrogens with zero attached hydrogens (tertiary/aromatic N) is 2. The molecule has 3 rings (SSSR count). The van der Waals surface area contributed by atoms with Gasteiger partial charge in [-0.2, -0.15) is 18.3 Å². The lowest BCUT2D eigenvalue weighted by molar-refractivity contribution is -0.173. The van der Waals surface area contributed by atoms with Gasteiger partial charge >= 0.3 is 6.18 Å². The zero-order valence-electron chi connectivity index (χ0n) is 14.5. The molecule has 3 unspecified atom stereocenters. The molecule has 2 N–H and O–H groups in total. The summed E-state index contributed by atoms with van der Waals surface area (Å²) in [7, 11) is 0. The lowest BCUT2D eigenvalue weighted by atomic mass is 9.96. The largest absolute Gasteiger partial charge is 0.410 e. The summed E-state index contributed by atoms with van der Waals surface area (Å²) in [5.74, 6) is -0.323. The van der Waals surface area contributed by atoms with E-state index in [2.05, 4.69) is 15.7 Å². The Morgan fingerprint density at radius 3 is 2.69 bits per heavy atom. The Balaban J connectivity index is 1.98. The van der Waals surface area contributed by atoms with E-state index in [1.165, 1.54) is 6.20 Å². The maximum absolute atomic E-state index is 13.6. The third-order valence-corrected chi connectivity index (χ3v) is 4.67. The van der Waals surface area contributed by atoms with Gasteiger partial charge in [0.1, 0.15) is 11.4 Å². The minimum Gasteiger partial charge on any atom is -0.363 e. The number of rotatable bonds is 4. The molecule has 1 aromatic carbocycles. The van der Waals surface area contributed by atoms with Gasteiger partial charge in [0.25, 0.3) is 5.91 Å². The summed E-state index contributed by atoms with van der Waals surface area (Å²) in [6.07, 6.45) is -2.72. The van der Waals surface area contributed by atoms with Gasteiger partial charge in [0.05, 0.1) is 12.2 Å². The third kappa shape index (κ3) is 3.54. The molecule has 1 amide bonds. The number of carbonyl (C=O) groups excluding carboxylic acids is 1. The van der Waals surface area contributed by atoms with Gasteiger partial charge in [-0.25, -0.2) is 4.68 Å². The molecule has 2 aromatic rings. The molecule has 0 radical (unpaired) electrons. The SMILES string of the molecule is CCC(C)NC(=O)c1cnn2c1NC(c1ccccc1)CC2C(F)(F)F. The van der Waals surface area contributed by atoms with Crippen molar-refractivity contribution in [2.75, 3.05) is 5.32 Å². The number of hydrogen-bond donors (Lipinski definition) is 2. The van der Waals surface area contributed by atoms with E-state index in [9.17, 15) is 18.0 Å². The predicted molar refractivity (Wildman–Crippen MR) is 92.0 cm³/mol. The third-order valence-electron chi connectivity index (χ3n) is 4.67. The number of fused-ring (bicyclic) bond motifs is 1. The molecular formula is C18H21F3N4O. The highest BCUT2D eigenvalue weighted by atomic mass is 19.4. The molecule has 1 aliphatic heterocycles. The zero-order valence-corrected chi connectivity index (χ0v) is 14.5. The monoisotopic (exact) mass is 366 g/mol. The van der Waals surface area contributed by atoms with Gasteiger partial charge in [-0.15, -0.1) is 0 Å². The number of carbonyl (C=O) groups is 1. The van der Waals surface area contributed by atoms with Crippen LogP contribution in [-0.4, -0.2) is 27.9 Å². The topological polar surface area (TPSA) is 59.0 Å². The Morgan fingerprint density at radius 2 is 2.08 bits per heavy atom. The van der Waals surface area contributed by atoms with Crippen molar-refractivity contribution < 1.29 is 18.0 Å². The van der Waals surface area contributed by atoms with Gasteiger partial charge in [-0.3, -0.25) is 4.79 Å². The molecule has 140 valence electrons. The second-order valence-electron chi connectivity index (χ2n) is 6.53. The fraction of sp³-hybridized carbons (Fsp3) is 0.444. The van der Waals surface area contributed by atoms with E-state index in [-0.39, 0.29) is 23.8 Å². The van der Waals surface area contributed by atoms with E-state index >= 15 is 0 Å². The van der Waals surface area contributed by atoms with Crippen LogP contribution in [0.2, 0.25) is 0 Å². The molecule has 0 spiro atoms. The molecule has 0 saturated carbocycles. The molecule has 0 fully saturated rings. The van der Waals surface area contributed by atoms with Gasteiger partial charge in [0, 0.05) is 12.5 Å². The normalized spacial score (nSPS) is 20.8. The molecule has 1 aliphatic rings. The lowest BCUT2D eigenvalue weighted by Crippen LogP contribution is -2.37. The number of aromatic nitrogens is 2. The minimum absolute atomic E-state index is 0.0787. The summed E-state index contributed by atoms with van der Waals surface area (Å²) in [6, 6.07) is 6.50. The van der Waals surface area contributed by atoms with Crippen molar-refractivity contribution >= 4 is 11.7 Å². The number of nitrogens with one attached hydrogen (secondary N) is 2. The second kappa shape index (κ2) is 7.01. The van der Waals surface area contributed by atoms with Crippen molar-refractivity contribution in [2.45, 2.75) is 51.0 Å². The predicted octanol–water partition coefficient (Wildman–Crippen LogP) is 4.07. The number of anilines is 1. The first-order valence-electron chi connectivity index (χ1n) is 8.57. The molecule has 1 aromatic heterocycles. The average Bonchev–Trinajstić information content (AvgIpc) is 3.04. The number of halogens is 3. The molecular weight excluding hydrogens is 345 g/mol. The van der Waals surface area contributed by atoms with Gasteiger partial charge in [0.2, 0.25) is 0 Å². The smallest absolute Gasteiger partial charge is 0.363 e. The average molecular weight is 366 g/mol. The van der Waals surface area contributed by atoms with Crippen molar-refractivity contribution in [1.82, 2.24) is 15.1 Å². The summed E-state index contributed by atoms with van der Waals surface area (Å²) < 4.78 is 41.7. The van der Waals surface area contributed by atoms with E-state index in [1.54, 1.807) is 24.3 Å². The fourth-order valence-electron chi connectivity index (χ4n) is 3.04. The summed E-state index contributed by atoms with van der Waals surface area (Å²) in [4.78, 5) is 12.5. The maximum Gasteiger partial charge on any atom is 0.410 e. The molecule has 0 aliphatic carbocycles. The quantitative estimate of drug-likeness (QED) is 0.858. The zero-order chi connectivity index (χ0) is 18.9. The molecule has 5 nitrogen and oxygen atoms in total. The number of alkyl halides is 3. The lowest BCUT2D eigenvalue weighted by Gasteiger charge is -2.34. The van der Waals surface area contributed by atoms with Crippen LogP contribution in [0.5, 0.6) is 0 Å². The fourth-order valence-corrected chi connectivity index (χ4v) is 3.04. The highest BCUT2D eigenvalue weighted by molar-refractivity contribution is 5.99. The van der Waals surface area contributed by atoms with Gasteiger partial charge < -0.3 is 10.6 Å². The highest BCUT2D eigenvalue weighted by Crippen LogP contribution is 2.44. The van der Waals surface area contributed by atoms with E-state index in [0.717, 1.165) is 16.7 Å². The Labute approximate surface area is 149 Å². The molecule has 0 saturated heterocycles. The van der Waals surface area contributed by atoms with Crippen molar-refractivity contribution in [3.05, 3.63) is 47.7 Å². The molecule has 0 bridgehead atoms. The van der Waals surface area contributed by atoms with Gasteiger partial charge in [-0.05, 0) is 18.9 Å². The molecule has 3 atom stereocenters. The first-order valence-corrected chi connectivity index (χ1v) is 8.57. The van der Waals surface area contributed by atoms with Crippen LogP contribution in [0.15, 0.2) is 36.5 Å². The van der Waals surface area contributed by atoms with Crippen LogP contribution < -0.4 is 10.6 Å². The standard InChI is InChI=1S/C18H21F3N4O/c1-3-11(2)23-17(26)13-10-22-25-15(18(19,20)21)9-14(24-16(13)25)12-7-5-4-6-8-12/h4-8,10-11,14-15,24H,3,9H2,1-2H3,(H,23,26). The number of amides is 1. The molecule has 26 heavy (non-hydrogen) atoms. The molecule has 2 heterocycles. The van der Waals surface area contributed by atoms with Crippen LogP contribution in [0, 0.1) is 0 Å². The minimum atomic E-state index is -4.46. The Hall–Kier alpha value is -2.51. The Bertz CT molecular complexity index is 772. The molecule has 8 heteroatoms. The van der Waals surface area contributed by atoms with Crippen molar-refractivity contribution in [1.29, 1.82) is 0 Å². The first kappa shape index (κ1) is 18.3. The van der Waals surface area contributed by atoms with Crippen molar-refractivity contribution in [3.8, 4) is 0 Å². The second-order valence-corrected chi connectivity index (χ2v) is 6.53. The van der Waals surface area contributed by atoms with E-state index in [0.29, 0.717) is 0 Å². The Kier molecular flexibility index (Phi) is 4.93. The summed E-state index contributed by atoms with van der Waals surface area (Å²) in [5.41, 5.74) is 0.864. The van der Waals surface area contributed by atoms with E-state index in [4.69, 9.17) is 0 Å². The van der Waals surface area contributed by atoms with E-state index in [1.807, 2.05) is 19.9 Å². The van der Waals surface area contributed by atoms with Crippen LogP contribution in [0.4, 0.5) is 19.0 Å². The Morgan fingerprint density at radius 1 is 1.38 bits per heavy atom. The van der Waals surface area contributed by atoms with Crippen molar-refractivity contribution in [3.63, 3.8) is 0 Å². The van der Waals surface area contributed by atoms with Crippen LogP contribution in [-0.2, 0) is 0 Å². The summed E-state index contributed by atoms with van der Waals surface area (Å²) >= 11 is 0. The van der Waals surface area contributed by atoms with Gasteiger partial charge in [-0.1, -0.05) is 37.3 Å².